The number of nitrogens with two attached hydrogens (primary N) is 1. The molecule has 17 heavy (non-hydrogen) atoms. The molecule has 1 fully saturated rings. The van der Waals surface area contributed by atoms with Crippen molar-refractivity contribution < 1.29 is 8.42 Å². The number of rotatable bonds is 2. The quantitative estimate of drug-likeness (QED) is 0.830. The van der Waals surface area contributed by atoms with E-state index in [0.717, 1.165) is 19.3 Å². The van der Waals surface area contributed by atoms with Gasteiger partial charge in [0.2, 0.25) is 0 Å². The first-order chi connectivity index (χ1) is 7.56. The third-order valence-corrected chi connectivity index (χ3v) is 6.85. The highest BCUT2D eigenvalue weighted by Gasteiger charge is 2.41. The number of hydrogen-bond acceptors (Lipinski definition) is 3. The van der Waals surface area contributed by atoms with Gasteiger partial charge in [-0.3, -0.25) is 0 Å². The molecule has 3 unspecified atom stereocenters. The van der Waals surface area contributed by atoms with E-state index in [4.69, 9.17) is 5.73 Å². The Hall–Kier alpha value is -0.0900. The minimum Gasteiger partial charge on any atom is -0.327 e. The van der Waals surface area contributed by atoms with Gasteiger partial charge in [-0.25, -0.2) is 8.42 Å². The average molecular weight is 261 g/mol. The van der Waals surface area contributed by atoms with Crippen molar-refractivity contribution in [1.82, 2.24) is 0 Å². The molecule has 102 valence electrons. The predicted octanol–water partition coefficient (Wildman–Crippen LogP) is 2.35. The van der Waals surface area contributed by atoms with Crippen molar-refractivity contribution in [2.45, 2.75) is 70.4 Å². The van der Waals surface area contributed by atoms with Crippen LogP contribution in [0.4, 0.5) is 0 Å². The third kappa shape index (κ3) is 3.22. The molecule has 0 bridgehead atoms. The minimum atomic E-state index is -3.07. The molecule has 0 spiro atoms. The normalized spacial score (nSPS) is 31.8. The van der Waals surface area contributed by atoms with Gasteiger partial charge in [0.1, 0.15) is 0 Å². The van der Waals surface area contributed by atoms with Crippen LogP contribution in [0.15, 0.2) is 0 Å². The Morgan fingerprint density at radius 2 is 1.71 bits per heavy atom. The number of sulfone groups is 1. The Labute approximate surface area is 106 Å². The molecule has 3 atom stereocenters. The SMILES string of the molecule is CC(C)S(=O)(=O)C1CC(C(C)(C)C)CCC1N. The number of hydrogen-bond donors (Lipinski definition) is 1. The summed E-state index contributed by atoms with van der Waals surface area (Å²) in [7, 11) is -3.07. The lowest BCUT2D eigenvalue weighted by atomic mass is 9.71. The van der Waals surface area contributed by atoms with E-state index >= 15 is 0 Å². The minimum absolute atomic E-state index is 0.172. The second-order valence-corrected chi connectivity index (χ2v) is 9.44. The molecule has 1 rings (SSSR count). The Balaban J connectivity index is 2.92. The molecule has 0 aromatic rings. The summed E-state index contributed by atoms with van der Waals surface area (Å²) in [6.45, 7) is 10.1. The van der Waals surface area contributed by atoms with Gasteiger partial charge in [-0.15, -0.1) is 0 Å². The molecule has 0 heterocycles. The summed E-state index contributed by atoms with van der Waals surface area (Å²) in [4.78, 5) is 0. The van der Waals surface area contributed by atoms with Crippen molar-refractivity contribution >= 4 is 9.84 Å². The van der Waals surface area contributed by atoms with E-state index in [1.54, 1.807) is 13.8 Å². The summed E-state index contributed by atoms with van der Waals surface area (Å²) in [6, 6.07) is -0.180. The Morgan fingerprint density at radius 3 is 2.12 bits per heavy atom. The monoisotopic (exact) mass is 261 g/mol. The molecule has 0 aromatic heterocycles. The highest BCUT2D eigenvalue weighted by molar-refractivity contribution is 7.92. The van der Waals surface area contributed by atoms with Gasteiger partial charge in [0, 0.05) is 6.04 Å². The van der Waals surface area contributed by atoms with Crippen LogP contribution in [0.3, 0.4) is 0 Å². The van der Waals surface area contributed by atoms with Crippen LogP contribution >= 0.6 is 0 Å². The zero-order valence-corrected chi connectivity index (χ0v) is 12.5. The van der Waals surface area contributed by atoms with Gasteiger partial charge >= 0.3 is 0 Å². The van der Waals surface area contributed by atoms with Crippen LogP contribution in [0.25, 0.3) is 0 Å². The van der Waals surface area contributed by atoms with Gasteiger partial charge in [0.15, 0.2) is 9.84 Å². The Kier molecular flexibility index (Phi) is 4.30. The predicted molar refractivity (Wildman–Crippen MR) is 72.6 cm³/mol. The fourth-order valence-corrected chi connectivity index (χ4v) is 4.49. The van der Waals surface area contributed by atoms with E-state index in [1.165, 1.54) is 0 Å². The average Bonchev–Trinajstić information content (AvgIpc) is 2.15. The maximum atomic E-state index is 12.3. The van der Waals surface area contributed by atoms with Crippen molar-refractivity contribution in [3.05, 3.63) is 0 Å². The molecule has 1 aliphatic carbocycles. The van der Waals surface area contributed by atoms with Crippen LogP contribution in [-0.2, 0) is 9.84 Å². The van der Waals surface area contributed by atoms with Crippen molar-refractivity contribution in [1.29, 1.82) is 0 Å². The summed E-state index contributed by atoms with van der Waals surface area (Å²) >= 11 is 0. The lowest BCUT2D eigenvalue weighted by Gasteiger charge is -2.40. The molecule has 0 radical (unpaired) electrons. The van der Waals surface area contributed by atoms with Crippen LogP contribution in [-0.4, -0.2) is 25.0 Å². The van der Waals surface area contributed by atoms with Gasteiger partial charge in [-0.1, -0.05) is 20.8 Å². The van der Waals surface area contributed by atoms with E-state index in [1.807, 2.05) is 0 Å². The maximum Gasteiger partial charge on any atom is 0.157 e. The molecular weight excluding hydrogens is 234 g/mol. The highest BCUT2D eigenvalue weighted by atomic mass is 32.2. The van der Waals surface area contributed by atoms with Crippen molar-refractivity contribution in [3.8, 4) is 0 Å². The van der Waals surface area contributed by atoms with Crippen LogP contribution in [0, 0.1) is 11.3 Å². The van der Waals surface area contributed by atoms with Gasteiger partial charge in [0.25, 0.3) is 0 Å². The summed E-state index contributed by atoms with van der Waals surface area (Å²) < 4.78 is 24.6. The Morgan fingerprint density at radius 1 is 1.18 bits per heavy atom. The molecule has 2 N–H and O–H groups in total. The second-order valence-electron chi connectivity index (χ2n) is 6.72. The molecule has 1 saturated carbocycles. The fraction of sp³-hybridized carbons (Fsp3) is 1.00. The van der Waals surface area contributed by atoms with Crippen molar-refractivity contribution in [3.63, 3.8) is 0 Å². The maximum absolute atomic E-state index is 12.3. The molecule has 4 heteroatoms. The van der Waals surface area contributed by atoms with Crippen LogP contribution in [0.5, 0.6) is 0 Å². The fourth-order valence-electron chi connectivity index (χ4n) is 2.67. The summed E-state index contributed by atoms with van der Waals surface area (Å²) in [5.41, 5.74) is 6.20. The van der Waals surface area contributed by atoms with E-state index < -0.39 is 9.84 Å². The van der Waals surface area contributed by atoms with Crippen LogP contribution < -0.4 is 5.73 Å². The van der Waals surface area contributed by atoms with Gasteiger partial charge < -0.3 is 5.73 Å². The Bertz CT molecular complexity index is 354. The van der Waals surface area contributed by atoms with E-state index in [9.17, 15) is 8.42 Å². The topological polar surface area (TPSA) is 60.2 Å². The molecule has 0 aromatic carbocycles. The lowest BCUT2D eigenvalue weighted by molar-refractivity contribution is 0.171. The zero-order chi connectivity index (χ0) is 13.4. The smallest absolute Gasteiger partial charge is 0.157 e. The van der Waals surface area contributed by atoms with Crippen LogP contribution in [0.2, 0.25) is 0 Å². The lowest BCUT2D eigenvalue weighted by Crippen LogP contribution is -2.49. The molecule has 0 saturated heterocycles. The highest BCUT2D eigenvalue weighted by Crippen LogP contribution is 2.40. The summed E-state index contributed by atoms with van der Waals surface area (Å²) in [5.74, 6) is 0.459. The second kappa shape index (κ2) is 4.88. The van der Waals surface area contributed by atoms with Gasteiger partial charge in [0.05, 0.1) is 10.5 Å². The van der Waals surface area contributed by atoms with Crippen LogP contribution in [0.1, 0.15) is 53.9 Å². The molecule has 0 aliphatic heterocycles. The van der Waals surface area contributed by atoms with E-state index in [2.05, 4.69) is 20.8 Å². The molecule has 1 aliphatic rings. The van der Waals surface area contributed by atoms with Gasteiger partial charge in [-0.2, -0.15) is 0 Å². The summed E-state index contributed by atoms with van der Waals surface area (Å²) in [5, 5.41) is -0.669. The first kappa shape index (κ1) is 15.0. The van der Waals surface area contributed by atoms with Gasteiger partial charge in [-0.05, 0) is 44.4 Å². The molecule has 3 nitrogen and oxygen atoms in total. The van der Waals surface area contributed by atoms with E-state index in [0.29, 0.717) is 5.92 Å². The third-order valence-electron chi connectivity index (χ3n) is 4.15. The summed E-state index contributed by atoms with van der Waals surface area (Å²) in [6.07, 6.45) is 2.61. The van der Waals surface area contributed by atoms with E-state index in [-0.39, 0.29) is 22.0 Å². The molecule has 0 amide bonds. The first-order valence-electron chi connectivity index (χ1n) is 6.55. The molecular formula is C13H27NO2S. The van der Waals surface area contributed by atoms with Crippen molar-refractivity contribution in [2.24, 2.45) is 17.1 Å². The van der Waals surface area contributed by atoms with Crippen molar-refractivity contribution in [2.75, 3.05) is 0 Å². The largest absolute Gasteiger partial charge is 0.327 e. The first-order valence-corrected chi connectivity index (χ1v) is 8.16. The standard InChI is InChI=1S/C13H27NO2S/c1-9(2)17(15,16)12-8-10(13(3,4)5)6-7-11(12)14/h9-12H,6-8,14H2,1-5H3. The zero-order valence-electron chi connectivity index (χ0n) is 11.7.